The van der Waals surface area contributed by atoms with Crippen LogP contribution in [0.25, 0.3) is 0 Å². The number of hydrogen-bond acceptors (Lipinski definition) is 5. The first-order valence-corrected chi connectivity index (χ1v) is 8.93. The number of benzene rings is 2. The summed E-state index contributed by atoms with van der Waals surface area (Å²) in [4.78, 5) is 23.5. The Balaban J connectivity index is 1.63. The van der Waals surface area contributed by atoms with Crippen molar-refractivity contribution in [2.75, 3.05) is 26.4 Å². The molecule has 6 nitrogen and oxygen atoms in total. The second-order valence-electron chi connectivity index (χ2n) is 5.19. The molecule has 1 N–H and O–H groups in total. The summed E-state index contributed by atoms with van der Waals surface area (Å²) in [5.74, 6) is 0.528. The fourth-order valence-corrected chi connectivity index (χ4v) is 2.44. The molecular formula is C19H20BrNO5. The predicted octanol–water partition coefficient (Wildman–Crippen LogP) is 3.20. The number of carbonyl (C=O) groups is 2. The number of nitrogens with one attached hydrogen (secondary N) is 1. The van der Waals surface area contributed by atoms with E-state index in [9.17, 15) is 9.59 Å². The zero-order valence-corrected chi connectivity index (χ0v) is 16.0. The second kappa shape index (κ2) is 10.5. The molecule has 0 spiro atoms. The van der Waals surface area contributed by atoms with Gasteiger partial charge in [0.2, 0.25) is 0 Å². The molecule has 0 saturated carbocycles. The Labute approximate surface area is 160 Å². The molecule has 138 valence electrons. The monoisotopic (exact) mass is 421 g/mol. The van der Waals surface area contributed by atoms with Gasteiger partial charge in [-0.15, -0.1) is 0 Å². The van der Waals surface area contributed by atoms with E-state index in [4.69, 9.17) is 14.2 Å². The number of esters is 1. The maximum absolute atomic E-state index is 11.8. The lowest BCUT2D eigenvalue weighted by Gasteiger charge is -2.09. The van der Waals surface area contributed by atoms with Crippen LogP contribution in [0.3, 0.4) is 0 Å². The van der Waals surface area contributed by atoms with Crippen LogP contribution >= 0.6 is 15.9 Å². The summed E-state index contributed by atoms with van der Waals surface area (Å²) in [6, 6.07) is 14.0. The largest absolute Gasteiger partial charge is 0.494 e. The van der Waals surface area contributed by atoms with Gasteiger partial charge in [-0.05, 0) is 49.4 Å². The highest BCUT2D eigenvalue weighted by atomic mass is 79.9. The van der Waals surface area contributed by atoms with Crippen LogP contribution in [0.4, 0.5) is 0 Å². The molecule has 0 atom stereocenters. The number of ether oxygens (including phenoxy) is 3. The minimum absolute atomic E-state index is 0.305. The van der Waals surface area contributed by atoms with Crippen LogP contribution in [0.5, 0.6) is 11.5 Å². The molecule has 0 heterocycles. The SMILES string of the molecule is CCOc1ccc(OCCNC(=O)COC(=O)c2cccc(Br)c2)cc1. The number of rotatable bonds is 9. The van der Waals surface area contributed by atoms with E-state index in [1.165, 1.54) is 0 Å². The molecule has 2 rings (SSSR count). The third-order valence-corrected chi connectivity index (χ3v) is 3.72. The molecule has 0 aliphatic carbocycles. The third kappa shape index (κ3) is 6.76. The van der Waals surface area contributed by atoms with Crippen LogP contribution in [0.2, 0.25) is 0 Å². The zero-order chi connectivity index (χ0) is 18.8. The number of amides is 1. The lowest BCUT2D eigenvalue weighted by Crippen LogP contribution is -2.32. The Bertz CT molecular complexity index is 733. The summed E-state index contributed by atoms with van der Waals surface area (Å²) < 4.78 is 16.6. The fraction of sp³-hybridized carbons (Fsp3) is 0.263. The highest BCUT2D eigenvalue weighted by Gasteiger charge is 2.10. The summed E-state index contributed by atoms with van der Waals surface area (Å²) in [5.41, 5.74) is 0.381. The van der Waals surface area contributed by atoms with Gasteiger partial charge in [-0.3, -0.25) is 4.79 Å². The van der Waals surface area contributed by atoms with Crippen molar-refractivity contribution in [3.8, 4) is 11.5 Å². The average molecular weight is 422 g/mol. The van der Waals surface area contributed by atoms with E-state index >= 15 is 0 Å². The topological polar surface area (TPSA) is 73.9 Å². The molecule has 0 saturated heterocycles. The molecule has 1 amide bonds. The maximum atomic E-state index is 11.8. The van der Waals surface area contributed by atoms with Gasteiger partial charge in [-0.1, -0.05) is 22.0 Å². The lowest BCUT2D eigenvalue weighted by molar-refractivity contribution is -0.124. The Hall–Kier alpha value is -2.54. The molecule has 0 fully saturated rings. The first-order chi connectivity index (χ1) is 12.6. The van der Waals surface area contributed by atoms with E-state index in [2.05, 4.69) is 21.2 Å². The minimum atomic E-state index is -0.549. The maximum Gasteiger partial charge on any atom is 0.338 e. The second-order valence-corrected chi connectivity index (χ2v) is 6.10. The van der Waals surface area contributed by atoms with Crippen LogP contribution in [0.1, 0.15) is 17.3 Å². The van der Waals surface area contributed by atoms with Gasteiger partial charge in [0, 0.05) is 4.47 Å². The van der Waals surface area contributed by atoms with Gasteiger partial charge in [-0.25, -0.2) is 4.79 Å². The lowest BCUT2D eigenvalue weighted by atomic mass is 10.2. The van der Waals surface area contributed by atoms with Gasteiger partial charge in [0.25, 0.3) is 5.91 Å². The van der Waals surface area contributed by atoms with E-state index in [0.29, 0.717) is 31.1 Å². The van der Waals surface area contributed by atoms with Crippen molar-refractivity contribution >= 4 is 27.8 Å². The molecule has 0 aromatic heterocycles. The molecule has 2 aromatic carbocycles. The molecule has 0 aliphatic heterocycles. The standard InChI is InChI=1S/C19H20BrNO5/c1-2-24-16-6-8-17(9-7-16)25-11-10-21-18(22)13-26-19(23)14-4-3-5-15(20)12-14/h3-9,12H,2,10-11,13H2,1H3,(H,21,22). The Kier molecular flexibility index (Phi) is 7.95. The van der Waals surface area contributed by atoms with Crippen molar-refractivity contribution in [3.63, 3.8) is 0 Å². The van der Waals surface area contributed by atoms with E-state index < -0.39 is 5.97 Å². The normalized spacial score (nSPS) is 10.1. The molecule has 0 radical (unpaired) electrons. The van der Waals surface area contributed by atoms with E-state index in [-0.39, 0.29) is 12.5 Å². The van der Waals surface area contributed by atoms with Gasteiger partial charge in [-0.2, -0.15) is 0 Å². The summed E-state index contributed by atoms with van der Waals surface area (Å²) in [6.45, 7) is 2.80. The molecule has 0 aliphatic rings. The highest BCUT2D eigenvalue weighted by molar-refractivity contribution is 9.10. The summed E-state index contributed by atoms with van der Waals surface area (Å²) in [6.07, 6.45) is 0. The van der Waals surface area contributed by atoms with Crippen molar-refractivity contribution in [2.24, 2.45) is 0 Å². The van der Waals surface area contributed by atoms with Crippen molar-refractivity contribution in [1.29, 1.82) is 0 Å². The van der Waals surface area contributed by atoms with Crippen LogP contribution in [-0.4, -0.2) is 38.2 Å². The van der Waals surface area contributed by atoms with Crippen LogP contribution in [0, 0.1) is 0 Å². The Morgan fingerprint density at radius 1 is 1.04 bits per heavy atom. The molecular weight excluding hydrogens is 402 g/mol. The molecule has 0 bridgehead atoms. The van der Waals surface area contributed by atoms with Crippen LogP contribution < -0.4 is 14.8 Å². The molecule has 26 heavy (non-hydrogen) atoms. The van der Waals surface area contributed by atoms with E-state index in [0.717, 1.165) is 10.2 Å². The van der Waals surface area contributed by atoms with E-state index in [1.54, 1.807) is 36.4 Å². The van der Waals surface area contributed by atoms with Gasteiger partial charge < -0.3 is 19.5 Å². The summed E-state index contributed by atoms with van der Waals surface area (Å²) in [7, 11) is 0. The Morgan fingerprint density at radius 3 is 2.38 bits per heavy atom. The highest BCUT2D eigenvalue weighted by Crippen LogP contribution is 2.17. The number of halogens is 1. The number of carbonyl (C=O) groups excluding carboxylic acids is 2. The zero-order valence-electron chi connectivity index (χ0n) is 14.4. The van der Waals surface area contributed by atoms with E-state index in [1.807, 2.05) is 19.1 Å². The molecule has 2 aromatic rings. The van der Waals surface area contributed by atoms with Crippen molar-refractivity contribution in [1.82, 2.24) is 5.32 Å². The van der Waals surface area contributed by atoms with Crippen molar-refractivity contribution in [3.05, 3.63) is 58.6 Å². The predicted molar refractivity (Wildman–Crippen MR) is 101 cm³/mol. The van der Waals surface area contributed by atoms with Gasteiger partial charge in [0.05, 0.1) is 18.7 Å². The number of hydrogen-bond donors (Lipinski definition) is 1. The van der Waals surface area contributed by atoms with Crippen LogP contribution in [-0.2, 0) is 9.53 Å². The fourth-order valence-electron chi connectivity index (χ4n) is 2.04. The van der Waals surface area contributed by atoms with Crippen molar-refractivity contribution in [2.45, 2.75) is 6.92 Å². The van der Waals surface area contributed by atoms with Gasteiger partial charge in [0.1, 0.15) is 18.1 Å². The average Bonchev–Trinajstić information content (AvgIpc) is 2.65. The smallest absolute Gasteiger partial charge is 0.338 e. The summed E-state index contributed by atoms with van der Waals surface area (Å²) >= 11 is 3.28. The van der Waals surface area contributed by atoms with Crippen molar-refractivity contribution < 1.29 is 23.8 Å². The van der Waals surface area contributed by atoms with Gasteiger partial charge >= 0.3 is 5.97 Å². The quantitative estimate of drug-likeness (QED) is 0.496. The van der Waals surface area contributed by atoms with Gasteiger partial charge in [0.15, 0.2) is 6.61 Å². The molecule has 7 heteroatoms. The Morgan fingerprint density at radius 2 is 1.73 bits per heavy atom. The van der Waals surface area contributed by atoms with Crippen LogP contribution in [0.15, 0.2) is 53.0 Å². The summed E-state index contributed by atoms with van der Waals surface area (Å²) in [5, 5.41) is 2.63. The first kappa shape index (κ1) is 19.8. The first-order valence-electron chi connectivity index (χ1n) is 8.13. The minimum Gasteiger partial charge on any atom is -0.494 e. The third-order valence-electron chi connectivity index (χ3n) is 3.22. The molecule has 0 unspecified atom stereocenters.